The Morgan fingerprint density at radius 3 is 1.56 bits per heavy atom. The molecule has 0 N–H and O–H groups in total. The number of halogens is 2. The van der Waals surface area contributed by atoms with Gasteiger partial charge in [0.2, 0.25) is 10.5 Å². The maximum atomic E-state index is 10.9. The lowest BCUT2D eigenvalue weighted by Gasteiger charge is -2.06. The molecule has 0 aliphatic heterocycles. The molecule has 0 aliphatic carbocycles. The van der Waals surface area contributed by atoms with E-state index in [0.717, 1.165) is 19.3 Å². The van der Waals surface area contributed by atoms with Crippen molar-refractivity contribution in [1.29, 1.82) is 0 Å². The quantitative estimate of drug-likeness (QED) is 0.287. The van der Waals surface area contributed by atoms with Gasteiger partial charge in [-0.2, -0.15) is 0 Å². The van der Waals surface area contributed by atoms with Gasteiger partial charge in [-0.25, -0.2) is 0 Å². The van der Waals surface area contributed by atoms with Gasteiger partial charge in [0.1, 0.15) is 5.92 Å². The van der Waals surface area contributed by atoms with E-state index in [1.807, 2.05) is 0 Å². The normalized spacial score (nSPS) is 10.9. The second kappa shape index (κ2) is 12.0. The molecule has 0 rings (SSSR count). The van der Waals surface area contributed by atoms with Crippen LogP contribution in [-0.2, 0) is 9.59 Å². The highest BCUT2D eigenvalue weighted by atomic mass is 35.5. The van der Waals surface area contributed by atoms with Gasteiger partial charge in [-0.15, -0.1) is 0 Å². The molecule has 0 amide bonds. The van der Waals surface area contributed by atoms with Crippen molar-refractivity contribution in [3.8, 4) is 0 Å². The van der Waals surface area contributed by atoms with Gasteiger partial charge < -0.3 is 0 Å². The monoisotopic (exact) mass is 294 g/mol. The van der Waals surface area contributed by atoms with E-state index in [-0.39, 0.29) is 0 Å². The van der Waals surface area contributed by atoms with Crippen LogP contribution in [0.5, 0.6) is 0 Å². The summed E-state index contributed by atoms with van der Waals surface area (Å²) >= 11 is 10.6. The van der Waals surface area contributed by atoms with Gasteiger partial charge in [-0.05, 0) is 29.6 Å². The van der Waals surface area contributed by atoms with Gasteiger partial charge >= 0.3 is 0 Å². The maximum Gasteiger partial charge on any atom is 0.233 e. The third-order valence-corrected chi connectivity index (χ3v) is 3.67. The second-order valence-corrected chi connectivity index (χ2v) is 5.52. The lowest BCUT2D eigenvalue weighted by Crippen LogP contribution is -2.15. The fourth-order valence-corrected chi connectivity index (χ4v) is 2.45. The minimum Gasteiger partial charge on any atom is -0.280 e. The van der Waals surface area contributed by atoms with Crippen molar-refractivity contribution in [3.63, 3.8) is 0 Å². The molecule has 0 fully saturated rings. The van der Waals surface area contributed by atoms with Gasteiger partial charge in [-0.3, -0.25) is 9.59 Å². The van der Waals surface area contributed by atoms with E-state index < -0.39 is 16.4 Å². The number of unbranched alkanes of at least 4 members (excludes halogenated alkanes) is 8. The van der Waals surface area contributed by atoms with Gasteiger partial charge in [0.15, 0.2) is 0 Å². The maximum absolute atomic E-state index is 10.9. The van der Waals surface area contributed by atoms with Crippen LogP contribution in [0.25, 0.3) is 0 Å². The van der Waals surface area contributed by atoms with Crippen molar-refractivity contribution in [2.45, 2.75) is 71.1 Å². The summed E-state index contributed by atoms with van der Waals surface area (Å²) in [6.07, 6.45) is 11.3. The van der Waals surface area contributed by atoms with Gasteiger partial charge in [0.05, 0.1) is 0 Å². The molecule has 0 aliphatic rings. The van der Waals surface area contributed by atoms with Crippen LogP contribution in [0.4, 0.5) is 0 Å². The molecular weight excluding hydrogens is 271 g/mol. The number of rotatable bonds is 12. The second-order valence-electron chi connectivity index (χ2n) is 4.78. The van der Waals surface area contributed by atoms with E-state index >= 15 is 0 Å². The van der Waals surface area contributed by atoms with Gasteiger partial charge in [0, 0.05) is 0 Å². The standard InChI is InChI=1S/C14H24Cl2O2/c1-2-3-4-5-6-7-8-9-10-11-12(13(15)17)14(16)18/h12H,2-11H2,1H3. The highest BCUT2D eigenvalue weighted by molar-refractivity contribution is 6.73. The third-order valence-electron chi connectivity index (χ3n) is 3.14. The number of hydrogen-bond donors (Lipinski definition) is 0. The zero-order valence-electron chi connectivity index (χ0n) is 11.2. The molecule has 0 radical (unpaired) electrons. The average Bonchev–Trinajstić information content (AvgIpc) is 2.30. The first-order valence-electron chi connectivity index (χ1n) is 6.98. The van der Waals surface area contributed by atoms with Crippen LogP contribution in [-0.4, -0.2) is 10.5 Å². The predicted octanol–water partition coefficient (Wildman–Crippen LogP) is 5.05. The molecule has 0 bridgehead atoms. The molecule has 18 heavy (non-hydrogen) atoms. The highest BCUT2D eigenvalue weighted by Crippen LogP contribution is 2.17. The fraction of sp³-hybridized carbons (Fsp3) is 0.857. The zero-order valence-corrected chi connectivity index (χ0v) is 12.7. The predicted molar refractivity (Wildman–Crippen MR) is 77.1 cm³/mol. The lowest BCUT2D eigenvalue weighted by molar-refractivity contribution is -0.124. The van der Waals surface area contributed by atoms with E-state index in [1.165, 1.54) is 38.5 Å². The molecule has 4 heteroatoms. The van der Waals surface area contributed by atoms with Crippen LogP contribution in [0.3, 0.4) is 0 Å². The first-order chi connectivity index (χ1) is 8.59. The van der Waals surface area contributed by atoms with Crippen LogP contribution in [0, 0.1) is 5.92 Å². The van der Waals surface area contributed by atoms with Crippen LogP contribution >= 0.6 is 23.2 Å². The van der Waals surface area contributed by atoms with Crippen LogP contribution in [0.15, 0.2) is 0 Å². The summed E-state index contributed by atoms with van der Waals surface area (Å²) in [4.78, 5) is 21.8. The van der Waals surface area contributed by atoms with Gasteiger partial charge in [-0.1, -0.05) is 64.7 Å². The topological polar surface area (TPSA) is 34.1 Å². The Morgan fingerprint density at radius 2 is 1.17 bits per heavy atom. The Hall–Kier alpha value is -0.0800. The van der Waals surface area contributed by atoms with E-state index in [0.29, 0.717) is 6.42 Å². The summed E-state index contributed by atoms with van der Waals surface area (Å²) < 4.78 is 0. The molecule has 0 aromatic heterocycles. The largest absolute Gasteiger partial charge is 0.280 e. The molecule has 0 saturated carbocycles. The Morgan fingerprint density at radius 1 is 0.778 bits per heavy atom. The molecule has 0 aromatic rings. The Balaban J connectivity index is 3.39. The number of carbonyl (C=O) groups is 2. The molecule has 106 valence electrons. The molecular formula is C14H24Cl2O2. The third kappa shape index (κ3) is 9.90. The summed E-state index contributed by atoms with van der Waals surface area (Å²) in [6.45, 7) is 2.22. The van der Waals surface area contributed by atoms with Crippen LogP contribution in [0.1, 0.15) is 71.1 Å². The summed E-state index contributed by atoms with van der Waals surface area (Å²) in [6, 6.07) is 0. The van der Waals surface area contributed by atoms with E-state index in [1.54, 1.807) is 0 Å². The molecule has 2 nitrogen and oxygen atoms in total. The van der Waals surface area contributed by atoms with Crippen molar-refractivity contribution < 1.29 is 9.59 Å². The molecule has 0 spiro atoms. The lowest BCUT2D eigenvalue weighted by atomic mass is 10.0. The molecule has 0 heterocycles. The molecule has 0 unspecified atom stereocenters. The van der Waals surface area contributed by atoms with Crippen molar-refractivity contribution in [2.75, 3.05) is 0 Å². The smallest absolute Gasteiger partial charge is 0.233 e. The summed E-state index contributed by atoms with van der Waals surface area (Å²) in [5.74, 6) is -0.808. The summed E-state index contributed by atoms with van der Waals surface area (Å²) in [7, 11) is 0. The van der Waals surface area contributed by atoms with Gasteiger partial charge in [0.25, 0.3) is 0 Å². The van der Waals surface area contributed by atoms with Crippen LogP contribution < -0.4 is 0 Å². The summed E-state index contributed by atoms with van der Waals surface area (Å²) in [5.41, 5.74) is 0. The first-order valence-corrected chi connectivity index (χ1v) is 7.73. The highest BCUT2D eigenvalue weighted by Gasteiger charge is 2.22. The van der Waals surface area contributed by atoms with Crippen molar-refractivity contribution in [3.05, 3.63) is 0 Å². The zero-order chi connectivity index (χ0) is 13.8. The van der Waals surface area contributed by atoms with E-state index in [2.05, 4.69) is 6.92 Å². The SMILES string of the molecule is CCCCCCCCCCCC(C(=O)Cl)C(=O)Cl. The summed E-state index contributed by atoms with van der Waals surface area (Å²) in [5, 5.41) is -1.26. The van der Waals surface area contributed by atoms with Crippen molar-refractivity contribution >= 4 is 33.7 Å². The molecule has 0 saturated heterocycles. The minimum absolute atomic E-state index is 0.487. The Labute approximate surface area is 120 Å². The van der Waals surface area contributed by atoms with Crippen molar-refractivity contribution in [2.24, 2.45) is 5.92 Å². The van der Waals surface area contributed by atoms with E-state index in [4.69, 9.17) is 23.2 Å². The minimum atomic E-state index is -0.808. The first kappa shape index (κ1) is 17.9. The fourth-order valence-electron chi connectivity index (χ4n) is 1.98. The Bertz CT molecular complexity index is 228. The number of hydrogen-bond acceptors (Lipinski definition) is 2. The van der Waals surface area contributed by atoms with Crippen molar-refractivity contribution in [1.82, 2.24) is 0 Å². The molecule has 0 atom stereocenters. The molecule has 0 aromatic carbocycles. The number of carbonyl (C=O) groups excluding carboxylic acids is 2. The van der Waals surface area contributed by atoms with Crippen LogP contribution in [0.2, 0.25) is 0 Å². The Kier molecular flexibility index (Phi) is 11.9. The van der Waals surface area contributed by atoms with E-state index in [9.17, 15) is 9.59 Å². The average molecular weight is 295 g/mol.